The van der Waals surface area contributed by atoms with E-state index in [-0.39, 0.29) is 11.7 Å². The summed E-state index contributed by atoms with van der Waals surface area (Å²) in [7, 11) is 0. The van der Waals surface area contributed by atoms with Crippen LogP contribution in [-0.2, 0) is 6.54 Å². The van der Waals surface area contributed by atoms with Crippen LogP contribution in [0.2, 0.25) is 5.02 Å². The second-order valence-electron chi connectivity index (χ2n) is 8.12. The molecule has 1 atom stereocenters. The molecular weight excluding hydrogens is 434 g/mol. The second-order valence-corrected chi connectivity index (χ2v) is 8.53. The first-order valence-corrected chi connectivity index (χ1v) is 11.1. The van der Waals surface area contributed by atoms with Crippen LogP contribution in [0.3, 0.4) is 0 Å². The summed E-state index contributed by atoms with van der Waals surface area (Å²) in [6.07, 6.45) is 1.98. The maximum absolute atomic E-state index is 13.6. The summed E-state index contributed by atoms with van der Waals surface area (Å²) in [6, 6.07) is 23.7. The molecule has 0 fully saturated rings. The van der Waals surface area contributed by atoms with E-state index >= 15 is 0 Å². The lowest BCUT2D eigenvalue weighted by atomic mass is 10.0. The van der Waals surface area contributed by atoms with Crippen LogP contribution in [0.4, 0.5) is 11.4 Å². The van der Waals surface area contributed by atoms with Gasteiger partial charge in [0.25, 0.3) is 5.91 Å². The van der Waals surface area contributed by atoms with E-state index in [4.69, 9.17) is 11.6 Å². The molecule has 1 amide bonds. The van der Waals surface area contributed by atoms with Crippen LogP contribution in [-0.4, -0.2) is 16.3 Å². The fourth-order valence-electron chi connectivity index (χ4n) is 4.22. The van der Waals surface area contributed by atoms with Crippen LogP contribution in [0.1, 0.15) is 43.6 Å². The number of rotatable bonds is 4. The highest BCUT2D eigenvalue weighted by Gasteiger charge is 2.29. The number of hydrogen-bond acceptors (Lipinski definition) is 3. The van der Waals surface area contributed by atoms with Gasteiger partial charge in [0, 0.05) is 40.9 Å². The largest absolute Gasteiger partial charge is 0.370 e. The van der Waals surface area contributed by atoms with Gasteiger partial charge in [-0.3, -0.25) is 9.59 Å². The van der Waals surface area contributed by atoms with Gasteiger partial charge in [0.15, 0.2) is 5.78 Å². The van der Waals surface area contributed by atoms with Crippen molar-refractivity contribution in [3.05, 3.63) is 118 Å². The number of carbonyl (C=O) groups is 2. The van der Waals surface area contributed by atoms with Gasteiger partial charge in [-0.05, 0) is 60.5 Å². The lowest BCUT2D eigenvalue weighted by Crippen LogP contribution is -2.22. The quantitative estimate of drug-likeness (QED) is 0.365. The minimum atomic E-state index is -0.575. The number of hydrogen-bond donors (Lipinski definition) is 2. The lowest BCUT2D eigenvalue weighted by Gasteiger charge is -2.19. The first-order chi connectivity index (χ1) is 16.0. The molecule has 33 heavy (non-hydrogen) atoms. The zero-order valence-electron chi connectivity index (χ0n) is 18.0. The van der Waals surface area contributed by atoms with Gasteiger partial charge >= 0.3 is 0 Å². The van der Waals surface area contributed by atoms with Crippen molar-refractivity contribution >= 4 is 34.7 Å². The molecule has 1 unspecified atom stereocenters. The van der Waals surface area contributed by atoms with Crippen LogP contribution in [0.25, 0.3) is 0 Å². The van der Waals surface area contributed by atoms with E-state index in [1.165, 1.54) is 0 Å². The standard InChI is InChI=1S/C27H22ClN3O2/c1-17-7-2-4-9-20(17)27(33)29-19-12-13-21(22(28)15-19)26(32)25-24-11-6-14-31(24)16-18-8-3-5-10-23(18)30-25/h2-15,25,30H,16H2,1H3,(H,29,33). The van der Waals surface area contributed by atoms with Crippen molar-refractivity contribution in [1.82, 2.24) is 4.57 Å². The number of nitrogens with zero attached hydrogens (tertiary/aromatic N) is 1. The van der Waals surface area contributed by atoms with E-state index in [0.717, 1.165) is 22.5 Å². The molecule has 0 spiro atoms. The Kier molecular flexibility index (Phi) is 5.48. The number of Topliss-reactive ketones (excluding diaryl/α,β-unsaturated/α-hetero) is 1. The van der Waals surface area contributed by atoms with Crippen LogP contribution >= 0.6 is 11.6 Å². The van der Waals surface area contributed by atoms with Gasteiger partial charge < -0.3 is 15.2 Å². The van der Waals surface area contributed by atoms with Gasteiger partial charge in [-0.25, -0.2) is 0 Å². The number of para-hydroxylation sites is 1. The van der Waals surface area contributed by atoms with Gasteiger partial charge in [0.2, 0.25) is 0 Å². The Morgan fingerprint density at radius 1 is 0.970 bits per heavy atom. The topological polar surface area (TPSA) is 63.1 Å². The molecule has 0 saturated carbocycles. The highest BCUT2D eigenvalue weighted by Crippen LogP contribution is 2.33. The summed E-state index contributed by atoms with van der Waals surface area (Å²) in [5.74, 6) is -0.350. The number of benzene rings is 3. The van der Waals surface area contributed by atoms with Crippen LogP contribution in [0, 0.1) is 6.92 Å². The van der Waals surface area contributed by atoms with E-state index in [2.05, 4.69) is 21.3 Å². The Labute approximate surface area is 197 Å². The van der Waals surface area contributed by atoms with E-state index in [0.29, 0.717) is 28.4 Å². The van der Waals surface area contributed by atoms with Crippen molar-refractivity contribution < 1.29 is 9.59 Å². The van der Waals surface area contributed by atoms with Crippen molar-refractivity contribution in [2.45, 2.75) is 19.5 Å². The molecule has 0 aliphatic carbocycles. The molecule has 164 valence electrons. The Morgan fingerprint density at radius 2 is 1.76 bits per heavy atom. The number of ketones is 1. The van der Waals surface area contributed by atoms with E-state index in [9.17, 15) is 9.59 Å². The summed E-state index contributed by atoms with van der Waals surface area (Å²) in [4.78, 5) is 26.2. The maximum Gasteiger partial charge on any atom is 0.255 e. The summed E-state index contributed by atoms with van der Waals surface area (Å²) in [5.41, 5.74) is 5.33. The van der Waals surface area contributed by atoms with E-state index < -0.39 is 6.04 Å². The fraction of sp³-hybridized carbons (Fsp3) is 0.111. The number of nitrogens with one attached hydrogen (secondary N) is 2. The van der Waals surface area contributed by atoms with Gasteiger partial charge in [0.1, 0.15) is 6.04 Å². The average molecular weight is 456 g/mol. The maximum atomic E-state index is 13.6. The zero-order chi connectivity index (χ0) is 22.9. The van der Waals surface area contributed by atoms with Gasteiger partial charge in [-0.15, -0.1) is 0 Å². The molecule has 6 heteroatoms. The summed E-state index contributed by atoms with van der Waals surface area (Å²) in [6.45, 7) is 2.57. The highest BCUT2D eigenvalue weighted by atomic mass is 35.5. The number of fused-ring (bicyclic) bond motifs is 2. The molecule has 5 rings (SSSR count). The molecule has 0 saturated heterocycles. The molecule has 3 aromatic carbocycles. The van der Waals surface area contributed by atoms with Crippen molar-refractivity contribution in [1.29, 1.82) is 0 Å². The molecule has 1 aromatic heterocycles. The number of aromatic nitrogens is 1. The summed E-state index contributed by atoms with van der Waals surface area (Å²) in [5, 5.41) is 6.56. The molecular formula is C27H22ClN3O2. The monoisotopic (exact) mass is 455 g/mol. The molecule has 1 aliphatic heterocycles. The molecule has 0 bridgehead atoms. The normalized spacial score (nSPS) is 14.4. The average Bonchev–Trinajstić information content (AvgIpc) is 3.20. The predicted octanol–water partition coefficient (Wildman–Crippen LogP) is 6.10. The highest BCUT2D eigenvalue weighted by molar-refractivity contribution is 6.34. The summed E-state index contributed by atoms with van der Waals surface area (Å²) >= 11 is 6.54. The number of amides is 1. The van der Waals surface area contributed by atoms with Crippen molar-refractivity contribution in [3.63, 3.8) is 0 Å². The van der Waals surface area contributed by atoms with Crippen molar-refractivity contribution in [2.75, 3.05) is 10.6 Å². The Morgan fingerprint density at radius 3 is 2.58 bits per heavy atom. The lowest BCUT2D eigenvalue weighted by molar-refractivity contribution is 0.0966. The molecule has 0 radical (unpaired) electrons. The van der Waals surface area contributed by atoms with Gasteiger partial charge in [-0.1, -0.05) is 48.0 Å². The SMILES string of the molecule is Cc1ccccc1C(=O)Nc1ccc(C(=O)C2Nc3ccccc3Cn3cccc32)c(Cl)c1. The Hall–Kier alpha value is -3.83. The number of halogens is 1. The first kappa shape index (κ1) is 21.0. The van der Waals surface area contributed by atoms with E-state index in [1.54, 1.807) is 24.3 Å². The van der Waals surface area contributed by atoms with Crippen LogP contribution in [0.15, 0.2) is 85.1 Å². The van der Waals surface area contributed by atoms with Crippen molar-refractivity contribution in [2.24, 2.45) is 0 Å². The van der Waals surface area contributed by atoms with Crippen LogP contribution in [0.5, 0.6) is 0 Å². The Balaban J connectivity index is 1.43. The smallest absolute Gasteiger partial charge is 0.255 e. The van der Waals surface area contributed by atoms with E-state index in [1.807, 2.05) is 61.7 Å². The van der Waals surface area contributed by atoms with Crippen LogP contribution < -0.4 is 10.6 Å². The molecule has 5 nitrogen and oxygen atoms in total. The molecule has 2 N–H and O–H groups in total. The third-order valence-corrected chi connectivity index (χ3v) is 6.28. The zero-order valence-corrected chi connectivity index (χ0v) is 18.8. The predicted molar refractivity (Wildman–Crippen MR) is 131 cm³/mol. The third kappa shape index (κ3) is 4.03. The fourth-order valence-corrected chi connectivity index (χ4v) is 4.49. The first-order valence-electron chi connectivity index (χ1n) is 10.7. The minimum absolute atomic E-state index is 0.131. The minimum Gasteiger partial charge on any atom is -0.370 e. The van der Waals surface area contributed by atoms with Crippen molar-refractivity contribution in [3.8, 4) is 0 Å². The van der Waals surface area contributed by atoms with Gasteiger partial charge in [-0.2, -0.15) is 0 Å². The molecule has 4 aromatic rings. The second kappa shape index (κ2) is 8.60. The molecule has 2 heterocycles. The number of carbonyl (C=O) groups excluding carboxylic acids is 2. The number of anilines is 2. The molecule has 1 aliphatic rings. The van der Waals surface area contributed by atoms with Gasteiger partial charge in [0.05, 0.1) is 5.02 Å². The third-order valence-electron chi connectivity index (χ3n) is 5.96. The summed E-state index contributed by atoms with van der Waals surface area (Å²) < 4.78 is 2.08. The Bertz CT molecular complexity index is 1380. The number of aryl methyl sites for hydroxylation is 1.